The van der Waals surface area contributed by atoms with Crippen molar-refractivity contribution >= 4 is 17.0 Å². The van der Waals surface area contributed by atoms with Crippen LogP contribution in [0, 0.1) is 5.92 Å². The van der Waals surface area contributed by atoms with Crippen LogP contribution >= 0.6 is 0 Å². The number of hydrogen-bond acceptors (Lipinski definition) is 8. The molecule has 2 unspecified atom stereocenters. The van der Waals surface area contributed by atoms with E-state index in [-0.39, 0.29) is 24.0 Å². The Morgan fingerprint density at radius 2 is 2.11 bits per heavy atom. The molecule has 0 radical (unpaired) electrons. The van der Waals surface area contributed by atoms with Crippen LogP contribution in [0.1, 0.15) is 39.8 Å². The first kappa shape index (κ1) is 17.3. The molecule has 5 atom stereocenters. The fourth-order valence-electron chi connectivity index (χ4n) is 4.52. The number of nitrogens with zero attached hydrogens (tertiary/aromatic N) is 4. The van der Waals surface area contributed by atoms with Gasteiger partial charge in [0, 0.05) is 12.5 Å². The van der Waals surface area contributed by atoms with E-state index >= 15 is 0 Å². The fourth-order valence-corrected chi connectivity index (χ4v) is 4.52. The summed E-state index contributed by atoms with van der Waals surface area (Å²) >= 11 is 0. The molecule has 146 valence electrons. The predicted octanol–water partition coefficient (Wildman–Crippen LogP) is 1.22. The molecule has 4 heterocycles. The second-order valence-corrected chi connectivity index (χ2v) is 8.17. The molecule has 3 aliphatic rings. The van der Waals surface area contributed by atoms with E-state index in [0.29, 0.717) is 22.9 Å². The lowest BCUT2D eigenvalue weighted by Crippen LogP contribution is -2.35. The Morgan fingerprint density at radius 3 is 2.93 bits per heavy atom. The van der Waals surface area contributed by atoms with Crippen molar-refractivity contribution < 1.29 is 14.2 Å². The van der Waals surface area contributed by atoms with Crippen molar-refractivity contribution in [2.45, 2.75) is 63.4 Å². The minimum Gasteiger partial charge on any atom is -0.382 e. The van der Waals surface area contributed by atoms with Crippen molar-refractivity contribution in [2.75, 3.05) is 18.8 Å². The van der Waals surface area contributed by atoms with Crippen LogP contribution in [0.5, 0.6) is 0 Å². The molecular formula is C18H26N6O3. The number of fused-ring (bicyclic) bond motifs is 3. The maximum Gasteiger partial charge on any atom is 0.167 e. The molecule has 3 fully saturated rings. The summed E-state index contributed by atoms with van der Waals surface area (Å²) in [6.07, 6.45) is 4.55. The number of hydrogen-bond donors (Lipinski definition) is 2. The highest BCUT2D eigenvalue weighted by atomic mass is 16.8. The third-order valence-electron chi connectivity index (χ3n) is 5.81. The van der Waals surface area contributed by atoms with Crippen LogP contribution in [0.25, 0.3) is 11.2 Å². The summed E-state index contributed by atoms with van der Waals surface area (Å²) in [5, 5.41) is 3.50. The summed E-state index contributed by atoms with van der Waals surface area (Å²) in [4.78, 5) is 12.8. The second-order valence-electron chi connectivity index (χ2n) is 8.17. The summed E-state index contributed by atoms with van der Waals surface area (Å²) in [7, 11) is 0. The summed E-state index contributed by atoms with van der Waals surface area (Å²) in [6, 6.07) is 0. The maximum absolute atomic E-state index is 6.59. The average molecular weight is 374 g/mol. The first-order valence-electron chi connectivity index (χ1n) is 9.62. The molecule has 27 heavy (non-hydrogen) atoms. The van der Waals surface area contributed by atoms with Crippen molar-refractivity contribution in [3.8, 4) is 0 Å². The van der Waals surface area contributed by atoms with Gasteiger partial charge in [-0.25, -0.2) is 15.0 Å². The monoisotopic (exact) mass is 374 g/mol. The Labute approximate surface area is 157 Å². The van der Waals surface area contributed by atoms with Crippen LogP contribution in [-0.2, 0) is 14.2 Å². The van der Waals surface area contributed by atoms with Gasteiger partial charge in [0.2, 0.25) is 0 Å². The molecule has 9 nitrogen and oxygen atoms in total. The van der Waals surface area contributed by atoms with E-state index in [0.717, 1.165) is 25.9 Å². The van der Waals surface area contributed by atoms with Gasteiger partial charge in [-0.15, -0.1) is 0 Å². The molecule has 2 aliphatic heterocycles. The molecule has 0 amide bonds. The number of ether oxygens (including phenoxy) is 3. The standard InChI is InChI=1S/C18H26N6O3/c1-4-5-20-7-10-6-18(10)13-12(25-17(2,3)26-13)16(27-18)24-9-23-11-14(19)21-8-22-15(11)24/h8-10,12-13,16,20H,4-7H2,1-3H3,(H2,19,21,22)/t10-,12?,13+,16?,18+/m0/s1. The van der Waals surface area contributed by atoms with E-state index in [1.54, 1.807) is 6.33 Å². The van der Waals surface area contributed by atoms with Gasteiger partial charge in [0.05, 0.1) is 6.33 Å². The van der Waals surface area contributed by atoms with E-state index in [9.17, 15) is 0 Å². The topological polar surface area (TPSA) is 109 Å². The van der Waals surface area contributed by atoms with Crippen molar-refractivity contribution in [1.29, 1.82) is 0 Å². The number of rotatable bonds is 5. The maximum atomic E-state index is 6.59. The van der Waals surface area contributed by atoms with E-state index < -0.39 is 5.79 Å². The Balaban J connectivity index is 1.48. The largest absolute Gasteiger partial charge is 0.382 e. The molecule has 1 saturated carbocycles. The van der Waals surface area contributed by atoms with Crippen LogP contribution in [0.4, 0.5) is 5.82 Å². The smallest absolute Gasteiger partial charge is 0.167 e. The zero-order valence-electron chi connectivity index (χ0n) is 15.9. The Kier molecular flexibility index (Phi) is 3.74. The number of nitrogens with two attached hydrogens (primary N) is 1. The number of aromatic nitrogens is 4. The lowest BCUT2D eigenvalue weighted by molar-refractivity contribution is -0.203. The normalized spacial score (nSPS) is 36.6. The molecule has 3 N–H and O–H groups in total. The third kappa shape index (κ3) is 2.56. The molecular weight excluding hydrogens is 348 g/mol. The third-order valence-corrected chi connectivity index (χ3v) is 5.81. The summed E-state index contributed by atoms with van der Waals surface area (Å²) in [5.74, 6) is 0.132. The molecule has 0 bridgehead atoms. The highest BCUT2D eigenvalue weighted by Crippen LogP contribution is 2.62. The van der Waals surface area contributed by atoms with Gasteiger partial charge in [-0.1, -0.05) is 6.92 Å². The molecule has 0 aromatic carbocycles. The summed E-state index contributed by atoms with van der Waals surface area (Å²) < 4.78 is 21.0. The zero-order valence-corrected chi connectivity index (χ0v) is 15.9. The van der Waals surface area contributed by atoms with Gasteiger partial charge < -0.3 is 25.3 Å². The van der Waals surface area contributed by atoms with Gasteiger partial charge in [-0.3, -0.25) is 4.57 Å². The molecule has 5 rings (SSSR count). The van der Waals surface area contributed by atoms with E-state index in [1.165, 1.54) is 6.33 Å². The molecule has 2 saturated heterocycles. The van der Waals surface area contributed by atoms with Gasteiger partial charge in [0.15, 0.2) is 23.5 Å². The van der Waals surface area contributed by atoms with E-state index in [1.807, 2.05) is 18.4 Å². The van der Waals surface area contributed by atoms with Crippen molar-refractivity contribution in [3.05, 3.63) is 12.7 Å². The minimum atomic E-state index is -0.640. The molecule has 1 spiro atoms. The summed E-state index contributed by atoms with van der Waals surface area (Å²) in [5.41, 5.74) is 6.85. The Bertz CT molecular complexity index is 870. The number of imidazole rings is 1. The van der Waals surface area contributed by atoms with Crippen molar-refractivity contribution in [2.24, 2.45) is 5.92 Å². The van der Waals surface area contributed by atoms with E-state index in [4.69, 9.17) is 19.9 Å². The van der Waals surface area contributed by atoms with Crippen LogP contribution in [-0.4, -0.2) is 56.2 Å². The first-order chi connectivity index (χ1) is 13.0. The van der Waals surface area contributed by atoms with Crippen LogP contribution in [0.3, 0.4) is 0 Å². The lowest BCUT2D eigenvalue weighted by atomic mass is 10.1. The fraction of sp³-hybridized carbons (Fsp3) is 0.722. The number of anilines is 1. The first-order valence-corrected chi connectivity index (χ1v) is 9.62. The molecule has 9 heteroatoms. The SMILES string of the molecule is CCCNC[C@@H]1C[C@@]12OC(n1cnc3c(N)ncnc31)C1OC(C)(C)O[C@H]12. The van der Waals surface area contributed by atoms with E-state index in [2.05, 4.69) is 27.2 Å². The molecule has 2 aromatic heterocycles. The Morgan fingerprint density at radius 1 is 1.26 bits per heavy atom. The molecule has 1 aliphatic carbocycles. The number of nitrogen functional groups attached to an aromatic ring is 1. The predicted molar refractivity (Wildman–Crippen MR) is 97.7 cm³/mol. The highest BCUT2D eigenvalue weighted by Gasteiger charge is 2.73. The molecule has 2 aromatic rings. The number of nitrogens with one attached hydrogen (secondary N) is 1. The van der Waals surface area contributed by atoms with Crippen molar-refractivity contribution in [1.82, 2.24) is 24.8 Å². The highest BCUT2D eigenvalue weighted by molar-refractivity contribution is 5.81. The zero-order chi connectivity index (χ0) is 18.8. The van der Waals surface area contributed by atoms with Gasteiger partial charge in [-0.05, 0) is 33.2 Å². The van der Waals surface area contributed by atoms with Gasteiger partial charge >= 0.3 is 0 Å². The minimum absolute atomic E-state index is 0.109. The van der Waals surface area contributed by atoms with Crippen molar-refractivity contribution in [3.63, 3.8) is 0 Å². The van der Waals surface area contributed by atoms with Gasteiger partial charge in [0.25, 0.3) is 0 Å². The van der Waals surface area contributed by atoms with Gasteiger partial charge in [0.1, 0.15) is 29.7 Å². The van der Waals surface area contributed by atoms with Crippen LogP contribution < -0.4 is 11.1 Å². The van der Waals surface area contributed by atoms with Gasteiger partial charge in [-0.2, -0.15) is 0 Å². The quantitative estimate of drug-likeness (QED) is 0.752. The van der Waals surface area contributed by atoms with Crippen LogP contribution in [0.15, 0.2) is 12.7 Å². The lowest BCUT2D eigenvalue weighted by Gasteiger charge is -2.25. The second kappa shape index (κ2) is 5.84. The average Bonchev–Trinajstić information content (AvgIpc) is 2.90. The summed E-state index contributed by atoms with van der Waals surface area (Å²) in [6.45, 7) is 8.01. The van der Waals surface area contributed by atoms with Crippen LogP contribution in [0.2, 0.25) is 0 Å². The Hall–Kier alpha value is -1.81.